The smallest absolute Gasteiger partial charge is 0.271 e. The van der Waals surface area contributed by atoms with Crippen LogP contribution in [0.25, 0.3) is 0 Å². The van der Waals surface area contributed by atoms with Crippen molar-refractivity contribution < 1.29 is 18.1 Å². The fraction of sp³-hybridized carbons (Fsp3) is 0.350. The Hall–Kier alpha value is -2.94. The zero-order chi connectivity index (χ0) is 21.8. The van der Waals surface area contributed by atoms with Gasteiger partial charge in [-0.15, -0.1) is 0 Å². The molecule has 0 atom stereocenters. The summed E-state index contributed by atoms with van der Waals surface area (Å²) in [6.45, 7) is 5.87. The maximum absolute atomic E-state index is 12.3. The number of aryl methyl sites for hydroxylation is 3. The summed E-state index contributed by atoms with van der Waals surface area (Å²) in [7, 11) is -3.66. The highest BCUT2D eigenvalue weighted by molar-refractivity contribution is 7.92. The van der Waals surface area contributed by atoms with Gasteiger partial charge in [0.25, 0.3) is 5.69 Å². The third-order valence-electron chi connectivity index (χ3n) is 4.44. The van der Waals surface area contributed by atoms with Crippen molar-refractivity contribution in [3.05, 3.63) is 63.2 Å². The second-order valence-electron chi connectivity index (χ2n) is 7.04. The standard InChI is InChI=1S/C20H25N3O5S/c1-14-11-15(2)20(16(3)12-14)21-19(24)9-6-10-22(29(4,27)28)17-7-5-8-18(13-17)23(25)26/h5,7-8,11-13H,6,9-10H2,1-4H3,(H,21,24). The molecule has 0 spiro atoms. The maximum atomic E-state index is 12.3. The van der Waals surface area contributed by atoms with Crippen LogP contribution in [0, 0.1) is 30.9 Å². The summed E-state index contributed by atoms with van der Waals surface area (Å²) in [5.74, 6) is -0.215. The van der Waals surface area contributed by atoms with E-state index in [9.17, 15) is 23.3 Å². The van der Waals surface area contributed by atoms with Gasteiger partial charge in [-0.2, -0.15) is 0 Å². The van der Waals surface area contributed by atoms with Crippen molar-refractivity contribution in [2.75, 3.05) is 22.4 Å². The highest BCUT2D eigenvalue weighted by atomic mass is 32.2. The minimum atomic E-state index is -3.66. The van der Waals surface area contributed by atoms with Gasteiger partial charge in [0.05, 0.1) is 16.9 Å². The van der Waals surface area contributed by atoms with Gasteiger partial charge < -0.3 is 5.32 Å². The van der Waals surface area contributed by atoms with Gasteiger partial charge in [0.1, 0.15) is 0 Å². The molecule has 0 fully saturated rings. The van der Waals surface area contributed by atoms with Crippen molar-refractivity contribution in [3.63, 3.8) is 0 Å². The molecule has 29 heavy (non-hydrogen) atoms. The van der Waals surface area contributed by atoms with Crippen LogP contribution < -0.4 is 9.62 Å². The van der Waals surface area contributed by atoms with Crippen LogP contribution in [0.5, 0.6) is 0 Å². The Balaban J connectivity index is 2.07. The number of sulfonamides is 1. The number of nitrogens with zero attached hydrogens (tertiary/aromatic N) is 2. The molecular formula is C20H25N3O5S. The largest absolute Gasteiger partial charge is 0.326 e. The lowest BCUT2D eigenvalue weighted by Gasteiger charge is -2.22. The predicted octanol–water partition coefficient (Wildman–Crippen LogP) is 3.70. The first kappa shape index (κ1) is 22.4. The summed E-state index contributed by atoms with van der Waals surface area (Å²) in [6, 6.07) is 9.39. The number of carbonyl (C=O) groups is 1. The van der Waals surface area contributed by atoms with E-state index < -0.39 is 14.9 Å². The molecule has 0 unspecified atom stereocenters. The Labute approximate surface area is 170 Å². The van der Waals surface area contributed by atoms with E-state index in [1.807, 2.05) is 32.9 Å². The monoisotopic (exact) mass is 419 g/mol. The lowest BCUT2D eigenvalue weighted by Crippen LogP contribution is -2.31. The minimum Gasteiger partial charge on any atom is -0.326 e. The summed E-state index contributed by atoms with van der Waals surface area (Å²) < 4.78 is 25.4. The van der Waals surface area contributed by atoms with E-state index in [1.165, 1.54) is 24.3 Å². The Kier molecular flexibility index (Phi) is 6.97. The van der Waals surface area contributed by atoms with Gasteiger partial charge >= 0.3 is 0 Å². The summed E-state index contributed by atoms with van der Waals surface area (Å²) in [6.07, 6.45) is 1.42. The van der Waals surface area contributed by atoms with Crippen LogP contribution in [0.3, 0.4) is 0 Å². The first-order valence-electron chi connectivity index (χ1n) is 9.09. The van der Waals surface area contributed by atoms with E-state index in [1.54, 1.807) is 0 Å². The average molecular weight is 420 g/mol. The number of hydrogen-bond acceptors (Lipinski definition) is 5. The zero-order valence-electron chi connectivity index (χ0n) is 16.9. The Morgan fingerprint density at radius 2 is 1.76 bits per heavy atom. The van der Waals surface area contributed by atoms with E-state index in [4.69, 9.17) is 0 Å². The van der Waals surface area contributed by atoms with E-state index in [2.05, 4.69) is 5.32 Å². The highest BCUT2D eigenvalue weighted by Gasteiger charge is 2.20. The molecule has 0 aliphatic heterocycles. The predicted molar refractivity (Wildman–Crippen MR) is 114 cm³/mol. The number of rotatable bonds is 8. The first-order chi connectivity index (χ1) is 13.5. The van der Waals surface area contributed by atoms with E-state index in [0.717, 1.165) is 32.9 Å². The molecule has 0 saturated carbocycles. The Bertz CT molecular complexity index is 1010. The number of anilines is 2. The zero-order valence-corrected chi connectivity index (χ0v) is 17.7. The normalized spacial score (nSPS) is 11.2. The number of nitro benzene ring substituents is 1. The average Bonchev–Trinajstić information content (AvgIpc) is 2.60. The molecular weight excluding hydrogens is 394 g/mol. The third kappa shape index (κ3) is 6.02. The molecule has 156 valence electrons. The molecule has 0 aliphatic rings. The number of nitrogens with one attached hydrogen (secondary N) is 1. The number of benzene rings is 2. The third-order valence-corrected chi connectivity index (χ3v) is 5.63. The van der Waals surface area contributed by atoms with E-state index in [0.29, 0.717) is 0 Å². The number of nitro groups is 1. The van der Waals surface area contributed by atoms with Crippen molar-refractivity contribution in [2.45, 2.75) is 33.6 Å². The van der Waals surface area contributed by atoms with Crippen LogP contribution in [-0.4, -0.2) is 32.0 Å². The van der Waals surface area contributed by atoms with Crippen LogP contribution in [0.2, 0.25) is 0 Å². The van der Waals surface area contributed by atoms with Crippen molar-refractivity contribution in [1.82, 2.24) is 0 Å². The first-order valence-corrected chi connectivity index (χ1v) is 10.9. The minimum absolute atomic E-state index is 0.0410. The van der Waals surface area contributed by atoms with Gasteiger partial charge in [0.2, 0.25) is 15.9 Å². The maximum Gasteiger partial charge on any atom is 0.271 e. The molecule has 8 nitrogen and oxygen atoms in total. The molecule has 2 aromatic carbocycles. The van der Waals surface area contributed by atoms with Crippen LogP contribution in [0.15, 0.2) is 36.4 Å². The molecule has 0 heterocycles. The lowest BCUT2D eigenvalue weighted by atomic mass is 10.0. The van der Waals surface area contributed by atoms with Crippen LogP contribution in [0.1, 0.15) is 29.5 Å². The van der Waals surface area contributed by atoms with Gasteiger partial charge in [-0.3, -0.25) is 19.2 Å². The summed E-state index contributed by atoms with van der Waals surface area (Å²) in [4.78, 5) is 22.7. The lowest BCUT2D eigenvalue weighted by molar-refractivity contribution is -0.384. The highest BCUT2D eigenvalue weighted by Crippen LogP contribution is 2.24. The molecule has 0 aliphatic carbocycles. The van der Waals surface area contributed by atoms with Gasteiger partial charge in [0.15, 0.2) is 0 Å². The van der Waals surface area contributed by atoms with Gasteiger partial charge in [-0.1, -0.05) is 23.8 Å². The molecule has 2 rings (SSSR count). The van der Waals surface area contributed by atoms with Crippen LogP contribution in [-0.2, 0) is 14.8 Å². The molecule has 9 heteroatoms. The number of hydrogen-bond donors (Lipinski definition) is 1. The quantitative estimate of drug-likeness (QED) is 0.518. The van der Waals surface area contributed by atoms with Crippen molar-refractivity contribution in [1.29, 1.82) is 0 Å². The van der Waals surface area contributed by atoms with Crippen molar-refractivity contribution in [2.24, 2.45) is 0 Å². The van der Waals surface area contributed by atoms with Crippen molar-refractivity contribution >= 4 is 33.0 Å². The topological polar surface area (TPSA) is 110 Å². The SMILES string of the molecule is Cc1cc(C)c(NC(=O)CCCN(c2cccc([N+](=O)[O-])c2)S(C)(=O)=O)c(C)c1. The van der Waals surface area contributed by atoms with Crippen molar-refractivity contribution in [3.8, 4) is 0 Å². The fourth-order valence-corrected chi connectivity index (χ4v) is 4.17. The second kappa shape index (κ2) is 9.04. The Morgan fingerprint density at radius 1 is 1.14 bits per heavy atom. The summed E-state index contributed by atoms with van der Waals surface area (Å²) in [5, 5.41) is 13.8. The number of non-ortho nitro benzene ring substituents is 1. The second-order valence-corrected chi connectivity index (χ2v) is 8.94. The number of amides is 1. The van der Waals surface area contributed by atoms with Crippen LogP contribution in [0.4, 0.5) is 17.1 Å². The molecule has 0 radical (unpaired) electrons. The molecule has 2 aromatic rings. The Morgan fingerprint density at radius 3 is 2.31 bits per heavy atom. The summed E-state index contributed by atoms with van der Waals surface area (Å²) in [5.41, 5.74) is 3.81. The molecule has 0 bridgehead atoms. The molecule has 0 aromatic heterocycles. The van der Waals surface area contributed by atoms with E-state index in [-0.39, 0.29) is 36.7 Å². The van der Waals surface area contributed by atoms with Gasteiger partial charge in [-0.25, -0.2) is 8.42 Å². The van der Waals surface area contributed by atoms with Gasteiger partial charge in [-0.05, 0) is 44.4 Å². The van der Waals surface area contributed by atoms with Gasteiger partial charge in [0, 0.05) is 30.8 Å². The van der Waals surface area contributed by atoms with E-state index >= 15 is 0 Å². The molecule has 0 saturated heterocycles. The molecule has 1 N–H and O–H groups in total. The fourth-order valence-electron chi connectivity index (χ4n) is 3.21. The number of carbonyl (C=O) groups excluding carboxylic acids is 1. The summed E-state index contributed by atoms with van der Waals surface area (Å²) >= 11 is 0. The van der Waals surface area contributed by atoms with Crippen LogP contribution >= 0.6 is 0 Å². The molecule has 1 amide bonds.